The highest BCUT2D eigenvalue weighted by atomic mass is 32.1. The number of carbonyl (C=O) groups is 2. The number of aromatic nitrogens is 6. The van der Waals surface area contributed by atoms with Crippen molar-refractivity contribution in [2.24, 2.45) is 0 Å². The van der Waals surface area contributed by atoms with Crippen molar-refractivity contribution in [2.75, 3.05) is 13.1 Å². The number of benzene rings is 7. The van der Waals surface area contributed by atoms with Crippen LogP contribution in [0, 0.1) is 0 Å². The lowest BCUT2D eigenvalue weighted by atomic mass is 9.84. The average Bonchev–Trinajstić information content (AvgIpc) is 1.39. The number of unbranched alkanes of at least 4 members (excludes halogenated alkanes) is 18. The zero-order valence-corrected chi connectivity index (χ0v) is 66.1. The fourth-order valence-corrected chi connectivity index (χ4v) is 20.9. The number of pyridine rings is 2. The van der Waals surface area contributed by atoms with Gasteiger partial charge in [0.15, 0.2) is 5.65 Å². The van der Waals surface area contributed by atoms with Crippen LogP contribution in [-0.2, 0) is 22.7 Å². The van der Waals surface area contributed by atoms with Crippen molar-refractivity contribution in [3.05, 3.63) is 159 Å². The van der Waals surface area contributed by atoms with E-state index in [1.807, 2.05) is 86.0 Å². The monoisotopic (exact) mass is 1480 g/mol. The fraction of sp³-hybridized carbons (Fsp3) is 0.435. The third kappa shape index (κ3) is 12.0. The van der Waals surface area contributed by atoms with E-state index in [1.54, 1.807) is 11.3 Å². The van der Waals surface area contributed by atoms with Crippen LogP contribution < -0.4 is 22.2 Å². The van der Waals surface area contributed by atoms with E-state index in [4.69, 9.17) is 9.97 Å². The van der Waals surface area contributed by atoms with Crippen LogP contribution in [-0.4, -0.2) is 62.9 Å². The quantitative estimate of drug-likeness (QED) is 0.0214. The van der Waals surface area contributed by atoms with Crippen LogP contribution in [0.2, 0.25) is 0 Å². The number of carbonyl (C=O) groups excluding carboxylic acids is 2. The third-order valence-corrected chi connectivity index (χ3v) is 26.6. The van der Waals surface area contributed by atoms with E-state index in [9.17, 15) is 0 Å². The topological polar surface area (TPSA) is 154 Å². The molecule has 7 aromatic heterocycles. The maximum atomic E-state index is 16.3. The van der Waals surface area contributed by atoms with E-state index >= 15 is 28.8 Å². The van der Waals surface area contributed by atoms with Gasteiger partial charge in [-0.1, -0.05) is 195 Å². The van der Waals surface area contributed by atoms with E-state index in [2.05, 4.69) is 85.4 Å². The van der Waals surface area contributed by atoms with E-state index in [-0.39, 0.29) is 46.1 Å². The molecule has 0 aliphatic carbocycles. The fourth-order valence-electron chi connectivity index (χ4n) is 18.7. The Morgan fingerprint density at radius 1 is 0.343 bits per heavy atom. The molecular formula is C92H102N8O6S2. The molecule has 0 saturated carbocycles. The summed E-state index contributed by atoms with van der Waals surface area (Å²) in [4.78, 5) is 112. The zero-order chi connectivity index (χ0) is 74.8. The van der Waals surface area contributed by atoms with Gasteiger partial charge < -0.3 is 18.9 Å². The first-order chi connectivity index (χ1) is 52.8. The van der Waals surface area contributed by atoms with Crippen molar-refractivity contribution in [2.45, 2.75) is 248 Å². The van der Waals surface area contributed by atoms with Crippen LogP contribution in [0.25, 0.3) is 141 Å². The number of nitrogens with zero attached hydrogens (tertiary/aromatic N) is 8. The smallest absolute Gasteiger partial charge is 0.261 e. The Bertz CT molecular complexity index is 6090. The molecule has 16 heteroatoms. The van der Waals surface area contributed by atoms with Crippen LogP contribution in [0.15, 0.2) is 127 Å². The molecule has 7 aromatic carbocycles. The van der Waals surface area contributed by atoms with Gasteiger partial charge in [-0.15, -0.1) is 22.7 Å². The molecule has 108 heavy (non-hydrogen) atoms. The molecule has 0 N–H and O–H groups in total. The summed E-state index contributed by atoms with van der Waals surface area (Å²) < 4.78 is 7.71. The van der Waals surface area contributed by atoms with Crippen LogP contribution >= 0.6 is 22.7 Å². The highest BCUT2D eigenvalue weighted by Crippen LogP contribution is 2.55. The van der Waals surface area contributed by atoms with Gasteiger partial charge in [0, 0.05) is 102 Å². The summed E-state index contributed by atoms with van der Waals surface area (Å²) in [6, 6.07) is 32.7. The summed E-state index contributed by atoms with van der Waals surface area (Å²) in [5.41, 5.74) is 9.15. The minimum Gasteiger partial charge on any atom is -0.340 e. The Labute approximate surface area is 639 Å². The summed E-state index contributed by atoms with van der Waals surface area (Å²) >= 11 is 3.16. The molecule has 0 saturated heterocycles. The van der Waals surface area contributed by atoms with Crippen molar-refractivity contribution in [3.63, 3.8) is 0 Å². The SMILES string of the molecule is CCCCCCCCN1C(=O)C2=C(c3ccc(-c4cc5c(=O)n(C(CC)CC)c(=O)c6cc7c8c(c4c4ccc9c(=O)n(C(CC)CC)c(=O)c%10cc(c8c4c9%10)n7CCCCCC)c56)s3)N(CCCCCCCC)C(=O)C2=C1c1ccc(-c2ccc3c4nc5ccccc5nc4n(CCCCCCCC)c3c2)s1. The molecule has 2 amide bonds. The molecule has 0 bridgehead atoms. The number of fused-ring (bicyclic) bond motifs is 6. The highest BCUT2D eigenvalue weighted by Gasteiger charge is 2.49. The Morgan fingerprint density at radius 3 is 1.31 bits per heavy atom. The summed E-state index contributed by atoms with van der Waals surface area (Å²) in [5.74, 6) is -0.327. The van der Waals surface area contributed by atoms with Crippen molar-refractivity contribution in [1.82, 2.24) is 38.0 Å². The molecule has 14 nitrogen and oxygen atoms in total. The molecule has 16 rings (SSSR count). The van der Waals surface area contributed by atoms with E-state index < -0.39 is 0 Å². The van der Waals surface area contributed by atoms with Gasteiger partial charge in [0.05, 0.1) is 70.7 Å². The van der Waals surface area contributed by atoms with Crippen molar-refractivity contribution in [3.8, 4) is 20.9 Å². The van der Waals surface area contributed by atoms with Crippen molar-refractivity contribution in [1.29, 1.82) is 0 Å². The summed E-state index contributed by atoms with van der Waals surface area (Å²) in [6.45, 7) is 19.4. The molecule has 14 aromatic rings. The molecule has 2 aliphatic rings. The first-order valence-corrected chi connectivity index (χ1v) is 42.9. The molecule has 2 aliphatic heterocycles. The number of rotatable bonds is 36. The second kappa shape index (κ2) is 30.7. The molecule has 0 radical (unpaired) electrons. The van der Waals surface area contributed by atoms with Gasteiger partial charge in [0.25, 0.3) is 34.1 Å². The number of hydrogen-bond acceptors (Lipinski definition) is 10. The van der Waals surface area contributed by atoms with E-state index in [1.165, 1.54) is 46.2 Å². The van der Waals surface area contributed by atoms with Crippen LogP contribution in [0.1, 0.15) is 244 Å². The lowest BCUT2D eigenvalue weighted by molar-refractivity contribution is -0.124. The summed E-state index contributed by atoms with van der Waals surface area (Å²) in [7, 11) is 0. The molecular weight excluding hydrogens is 1380 g/mol. The normalized spacial score (nSPS) is 14.0. The van der Waals surface area contributed by atoms with Crippen molar-refractivity contribution < 1.29 is 9.59 Å². The van der Waals surface area contributed by atoms with Gasteiger partial charge in [-0.2, -0.15) is 0 Å². The number of amides is 2. The lowest BCUT2D eigenvalue weighted by Gasteiger charge is -2.24. The molecule has 0 spiro atoms. The van der Waals surface area contributed by atoms with Gasteiger partial charge in [0.1, 0.15) is 5.52 Å². The van der Waals surface area contributed by atoms with Gasteiger partial charge in [0.2, 0.25) is 0 Å². The molecule has 558 valence electrons. The van der Waals surface area contributed by atoms with E-state index in [0.717, 1.165) is 229 Å². The average molecular weight is 1480 g/mol. The Morgan fingerprint density at radius 2 is 0.769 bits per heavy atom. The zero-order valence-electron chi connectivity index (χ0n) is 64.4. The van der Waals surface area contributed by atoms with Gasteiger partial charge in [-0.05, 0) is 140 Å². The standard InChI is InChI=1S/C92H102N8O6S2/c1-9-17-21-25-28-34-48-96-67-51-55(39-40-58(67)83-86(96)94-66-38-32-31-37-65(66)93-83)70-43-45-72(107-70)84-81-82(92(106)97(84)49-35-29-26-22-18-10-2)85(98(91(81)105)50-36-30-27-23-19-11-3)73-46-44-71(108-73)61-52-62-76-64(90(104)100(88(62)102)57(15-7)16-8)54-69-79-78-68(95(69)47-33-24-20-12-4)53-63-75-60(42-41-59(77(75)78)74(61)80(76)79)87(101)99(89(63)103)56(13-5)14-6/h31-32,37-46,51-54,56-57H,9-30,33-36,47-50H2,1-8H3. The maximum absolute atomic E-state index is 16.3. The second-order valence-corrected chi connectivity index (χ2v) is 33.2. The predicted octanol–water partition coefficient (Wildman–Crippen LogP) is 23.1. The predicted molar refractivity (Wildman–Crippen MR) is 453 cm³/mol. The Balaban J connectivity index is 0.906. The number of para-hydroxylation sites is 2. The molecule has 0 fully saturated rings. The molecule has 0 atom stereocenters. The second-order valence-electron chi connectivity index (χ2n) is 31.0. The highest BCUT2D eigenvalue weighted by molar-refractivity contribution is 7.17. The minimum absolute atomic E-state index is 0.163. The first-order valence-electron chi connectivity index (χ1n) is 41.2. The largest absolute Gasteiger partial charge is 0.340 e. The van der Waals surface area contributed by atoms with Gasteiger partial charge >= 0.3 is 0 Å². The van der Waals surface area contributed by atoms with E-state index in [0.29, 0.717) is 100 Å². The van der Waals surface area contributed by atoms with Crippen LogP contribution in [0.4, 0.5) is 0 Å². The Kier molecular flexibility index (Phi) is 20.8. The van der Waals surface area contributed by atoms with Crippen LogP contribution in [0.5, 0.6) is 0 Å². The molecule has 0 unspecified atom stereocenters. The minimum atomic E-state index is -0.346. The molecule has 9 heterocycles. The van der Waals surface area contributed by atoms with Crippen LogP contribution in [0.3, 0.4) is 0 Å². The first kappa shape index (κ1) is 73.0. The lowest BCUT2D eigenvalue weighted by Crippen LogP contribution is -2.36. The van der Waals surface area contributed by atoms with Gasteiger partial charge in [-0.3, -0.25) is 37.9 Å². The van der Waals surface area contributed by atoms with Gasteiger partial charge in [-0.25, -0.2) is 9.97 Å². The Hall–Kier alpha value is -9.12. The summed E-state index contributed by atoms with van der Waals surface area (Å²) in [6.07, 6.45) is 25.8. The number of aryl methyl sites for hydroxylation is 2. The van der Waals surface area contributed by atoms with Crippen molar-refractivity contribution >= 4 is 155 Å². The summed E-state index contributed by atoms with van der Waals surface area (Å²) in [5, 5.41) is 9.40. The number of thiophene rings is 2. The third-order valence-electron chi connectivity index (χ3n) is 24.4. The number of hydrogen-bond donors (Lipinski definition) is 0. The maximum Gasteiger partial charge on any atom is 0.261 e.